The molecule has 0 spiro atoms. The van der Waals surface area contributed by atoms with Crippen molar-refractivity contribution in [3.8, 4) is 0 Å². The number of carbonyl (C=O) groups is 1. The molecular weight excluding hydrogens is 404 g/mol. The van der Waals surface area contributed by atoms with E-state index >= 15 is 0 Å². The van der Waals surface area contributed by atoms with Gasteiger partial charge < -0.3 is 14.6 Å². The molecule has 1 amide bonds. The summed E-state index contributed by atoms with van der Waals surface area (Å²) in [5.41, 5.74) is 2.11. The fraction of sp³-hybridized carbons (Fsp3) is 0.238. The first-order valence-electron chi connectivity index (χ1n) is 9.56. The first kappa shape index (κ1) is 20.3. The Morgan fingerprint density at radius 1 is 1.03 bits per heavy atom. The number of hydrogen-bond acceptors (Lipinski definition) is 5. The van der Waals surface area contributed by atoms with Crippen molar-refractivity contribution in [3.63, 3.8) is 0 Å². The molecule has 2 aromatic carbocycles. The molecule has 2 heterocycles. The molecule has 30 heavy (non-hydrogen) atoms. The van der Waals surface area contributed by atoms with Crippen LogP contribution in [0.5, 0.6) is 0 Å². The minimum Gasteiger partial charge on any atom is -0.379 e. The average Bonchev–Trinajstić information content (AvgIpc) is 3.28. The lowest BCUT2D eigenvalue weighted by molar-refractivity contribution is 0.0730. The largest absolute Gasteiger partial charge is 0.379 e. The molecule has 0 aliphatic carbocycles. The second-order valence-corrected chi connectivity index (χ2v) is 8.86. The topological polar surface area (TPSA) is 93.5 Å². The van der Waals surface area contributed by atoms with Gasteiger partial charge in [-0.2, -0.15) is 4.31 Å². The van der Waals surface area contributed by atoms with Crippen LogP contribution in [0.4, 0.5) is 5.69 Å². The van der Waals surface area contributed by atoms with Crippen LogP contribution in [0.3, 0.4) is 0 Å². The SMILES string of the molecule is O=C(Nc1ccc(S(=O)(=O)N2CCOCC2)cc1)c1ccc(Cn2ccnc2)cc1. The van der Waals surface area contributed by atoms with E-state index in [1.54, 1.807) is 36.8 Å². The molecule has 1 aliphatic heterocycles. The summed E-state index contributed by atoms with van der Waals surface area (Å²) in [5, 5.41) is 2.80. The first-order chi connectivity index (χ1) is 14.5. The van der Waals surface area contributed by atoms with Gasteiger partial charge in [-0.05, 0) is 42.0 Å². The molecule has 0 bridgehead atoms. The molecule has 8 nitrogen and oxygen atoms in total. The number of hydrogen-bond donors (Lipinski definition) is 1. The quantitative estimate of drug-likeness (QED) is 0.652. The Kier molecular flexibility index (Phi) is 5.93. The van der Waals surface area contributed by atoms with E-state index in [1.807, 2.05) is 22.9 Å². The zero-order valence-electron chi connectivity index (χ0n) is 16.3. The molecule has 0 atom stereocenters. The summed E-state index contributed by atoms with van der Waals surface area (Å²) in [4.78, 5) is 16.7. The van der Waals surface area contributed by atoms with Gasteiger partial charge in [0, 0.05) is 43.3 Å². The Morgan fingerprint density at radius 2 is 1.73 bits per heavy atom. The van der Waals surface area contributed by atoms with E-state index in [9.17, 15) is 13.2 Å². The number of nitrogens with zero attached hydrogens (tertiary/aromatic N) is 3. The van der Waals surface area contributed by atoms with Gasteiger partial charge >= 0.3 is 0 Å². The van der Waals surface area contributed by atoms with Gasteiger partial charge in [-0.25, -0.2) is 13.4 Å². The molecule has 0 saturated carbocycles. The zero-order valence-corrected chi connectivity index (χ0v) is 17.1. The summed E-state index contributed by atoms with van der Waals surface area (Å²) in [5.74, 6) is -0.257. The van der Waals surface area contributed by atoms with Gasteiger partial charge in [-0.15, -0.1) is 0 Å². The highest BCUT2D eigenvalue weighted by molar-refractivity contribution is 7.89. The van der Waals surface area contributed by atoms with E-state index in [0.717, 1.165) is 5.56 Å². The Balaban J connectivity index is 1.39. The highest BCUT2D eigenvalue weighted by Gasteiger charge is 2.26. The summed E-state index contributed by atoms with van der Waals surface area (Å²) >= 11 is 0. The van der Waals surface area contributed by atoms with Crippen LogP contribution in [0, 0.1) is 0 Å². The third-order valence-corrected chi connectivity index (χ3v) is 6.77. The molecule has 9 heteroatoms. The maximum Gasteiger partial charge on any atom is 0.255 e. The van der Waals surface area contributed by atoms with Gasteiger partial charge in [0.15, 0.2) is 0 Å². The van der Waals surface area contributed by atoms with Crippen LogP contribution in [0.25, 0.3) is 0 Å². The van der Waals surface area contributed by atoms with Crippen molar-refractivity contribution in [3.05, 3.63) is 78.4 Å². The van der Waals surface area contributed by atoms with Gasteiger partial charge in [0.1, 0.15) is 0 Å². The monoisotopic (exact) mass is 426 g/mol. The lowest BCUT2D eigenvalue weighted by Gasteiger charge is -2.26. The van der Waals surface area contributed by atoms with Crippen molar-refractivity contribution in [1.82, 2.24) is 13.9 Å². The van der Waals surface area contributed by atoms with Crippen molar-refractivity contribution >= 4 is 21.6 Å². The lowest BCUT2D eigenvalue weighted by atomic mass is 10.1. The minimum atomic E-state index is -3.55. The summed E-state index contributed by atoms with van der Waals surface area (Å²) in [6, 6.07) is 13.5. The highest BCUT2D eigenvalue weighted by Crippen LogP contribution is 2.20. The number of aromatic nitrogens is 2. The summed E-state index contributed by atoms with van der Waals surface area (Å²) in [6.07, 6.45) is 5.34. The molecule has 0 radical (unpaired) electrons. The number of imidazole rings is 1. The van der Waals surface area contributed by atoms with Crippen molar-refractivity contribution in [2.24, 2.45) is 0 Å². The third kappa shape index (κ3) is 4.59. The van der Waals surface area contributed by atoms with Crippen LogP contribution in [-0.2, 0) is 21.3 Å². The smallest absolute Gasteiger partial charge is 0.255 e. The van der Waals surface area contributed by atoms with E-state index in [1.165, 1.54) is 16.4 Å². The van der Waals surface area contributed by atoms with E-state index in [2.05, 4.69) is 10.3 Å². The normalized spacial score (nSPS) is 15.1. The number of sulfonamides is 1. The molecule has 1 N–H and O–H groups in total. The molecule has 1 aliphatic rings. The van der Waals surface area contributed by atoms with Crippen LogP contribution in [-0.4, -0.2) is 54.5 Å². The van der Waals surface area contributed by atoms with Crippen molar-refractivity contribution in [2.45, 2.75) is 11.4 Å². The van der Waals surface area contributed by atoms with Crippen molar-refractivity contribution < 1.29 is 17.9 Å². The molecule has 1 aromatic heterocycles. The van der Waals surface area contributed by atoms with Gasteiger partial charge in [0.2, 0.25) is 10.0 Å². The first-order valence-corrected chi connectivity index (χ1v) is 11.0. The number of carbonyl (C=O) groups excluding carboxylic acids is 1. The van der Waals surface area contributed by atoms with Crippen molar-refractivity contribution in [1.29, 1.82) is 0 Å². The second-order valence-electron chi connectivity index (χ2n) is 6.93. The maximum atomic E-state index is 12.7. The van der Waals surface area contributed by atoms with Crippen LogP contribution in [0.2, 0.25) is 0 Å². The summed E-state index contributed by atoms with van der Waals surface area (Å²) < 4.78 is 33.9. The van der Waals surface area contributed by atoms with E-state index in [4.69, 9.17) is 4.74 Å². The fourth-order valence-electron chi connectivity index (χ4n) is 3.20. The number of morpholine rings is 1. The molecule has 156 valence electrons. The molecule has 0 unspecified atom stereocenters. The predicted octanol–water partition coefficient (Wildman–Crippen LogP) is 2.20. The zero-order chi connectivity index (χ0) is 21.0. The van der Waals surface area contributed by atoms with Crippen LogP contribution in [0.1, 0.15) is 15.9 Å². The van der Waals surface area contributed by atoms with Gasteiger partial charge in [-0.3, -0.25) is 4.79 Å². The maximum absolute atomic E-state index is 12.7. The minimum absolute atomic E-state index is 0.200. The molecule has 3 aromatic rings. The number of ether oxygens (including phenoxy) is 1. The predicted molar refractivity (Wildman–Crippen MR) is 112 cm³/mol. The average molecular weight is 426 g/mol. The number of amides is 1. The highest BCUT2D eigenvalue weighted by atomic mass is 32.2. The summed E-state index contributed by atoms with van der Waals surface area (Å²) in [6.45, 7) is 2.17. The fourth-order valence-corrected chi connectivity index (χ4v) is 4.61. The standard InChI is InChI=1S/C21H22N4O4S/c26-21(18-3-1-17(2-4-18)15-24-10-9-22-16-24)23-19-5-7-20(8-6-19)30(27,28)25-11-13-29-14-12-25/h1-10,16H,11-15H2,(H,23,26). The van der Waals surface area contributed by atoms with Crippen LogP contribution >= 0.6 is 0 Å². The van der Waals surface area contributed by atoms with Gasteiger partial charge in [0.25, 0.3) is 5.91 Å². The molecular formula is C21H22N4O4S. The molecule has 1 saturated heterocycles. The number of rotatable bonds is 6. The number of anilines is 1. The molecule has 1 fully saturated rings. The lowest BCUT2D eigenvalue weighted by Crippen LogP contribution is -2.40. The number of nitrogens with one attached hydrogen (secondary N) is 1. The molecule has 4 rings (SSSR count). The Hall–Kier alpha value is -3.01. The van der Waals surface area contributed by atoms with Crippen molar-refractivity contribution in [2.75, 3.05) is 31.6 Å². The van der Waals surface area contributed by atoms with Crippen LogP contribution < -0.4 is 5.32 Å². The number of benzene rings is 2. The Morgan fingerprint density at radius 3 is 2.37 bits per heavy atom. The Labute approximate surface area is 175 Å². The second kappa shape index (κ2) is 8.78. The van der Waals surface area contributed by atoms with E-state index in [-0.39, 0.29) is 10.8 Å². The van der Waals surface area contributed by atoms with Gasteiger partial charge in [0.05, 0.1) is 24.4 Å². The van der Waals surface area contributed by atoms with Crippen LogP contribution in [0.15, 0.2) is 72.1 Å². The van der Waals surface area contributed by atoms with E-state index < -0.39 is 10.0 Å². The summed E-state index contributed by atoms with van der Waals surface area (Å²) in [7, 11) is -3.55. The van der Waals surface area contributed by atoms with Gasteiger partial charge in [-0.1, -0.05) is 12.1 Å². The Bertz CT molecular complexity index is 1090. The third-order valence-electron chi connectivity index (χ3n) is 4.86. The van der Waals surface area contributed by atoms with E-state index in [0.29, 0.717) is 44.1 Å².